The summed E-state index contributed by atoms with van der Waals surface area (Å²) in [5.74, 6) is -1.21. The maximum absolute atomic E-state index is 13.9. The SMILES string of the molecule is C[C@]1(CC(=O)O)CC(c2cccc(Cl)c2)C(c2ccc(Cl)cc2)N([C@H](CO)C2CC2)C1=O. The van der Waals surface area contributed by atoms with Gasteiger partial charge in [-0.3, -0.25) is 9.59 Å². The highest BCUT2D eigenvalue weighted by atomic mass is 35.5. The van der Waals surface area contributed by atoms with Gasteiger partial charge in [0.2, 0.25) is 5.91 Å². The number of piperidine rings is 1. The molecule has 1 aliphatic heterocycles. The number of carboxylic acids is 1. The minimum absolute atomic E-state index is 0.161. The molecule has 1 aliphatic carbocycles. The average Bonchev–Trinajstić information content (AvgIpc) is 3.57. The number of hydrogen-bond donors (Lipinski definition) is 2. The Kier molecular flexibility index (Phi) is 6.53. The van der Waals surface area contributed by atoms with Gasteiger partial charge in [0.25, 0.3) is 0 Å². The van der Waals surface area contributed by atoms with E-state index in [4.69, 9.17) is 23.2 Å². The molecule has 2 fully saturated rings. The Morgan fingerprint density at radius 3 is 2.38 bits per heavy atom. The lowest BCUT2D eigenvalue weighted by Crippen LogP contribution is -2.57. The molecule has 1 amide bonds. The lowest BCUT2D eigenvalue weighted by molar-refractivity contribution is -0.162. The number of carboxylic acid groups (broad SMARTS) is 1. The second-order valence-corrected chi connectivity index (χ2v) is 10.2. The number of amides is 1. The van der Waals surface area contributed by atoms with Gasteiger partial charge in [-0.25, -0.2) is 0 Å². The molecular formula is C25H27Cl2NO4. The summed E-state index contributed by atoms with van der Waals surface area (Å²) in [5.41, 5.74) is 0.757. The topological polar surface area (TPSA) is 77.8 Å². The van der Waals surface area contributed by atoms with Gasteiger partial charge in [-0.15, -0.1) is 0 Å². The van der Waals surface area contributed by atoms with Crippen LogP contribution in [0.3, 0.4) is 0 Å². The molecule has 7 heteroatoms. The van der Waals surface area contributed by atoms with Gasteiger partial charge < -0.3 is 15.1 Å². The molecule has 4 atom stereocenters. The average molecular weight is 476 g/mol. The van der Waals surface area contributed by atoms with Crippen LogP contribution < -0.4 is 0 Å². The number of carbonyl (C=O) groups excluding carboxylic acids is 1. The summed E-state index contributed by atoms with van der Waals surface area (Å²) in [5, 5.41) is 21.1. The first-order valence-electron chi connectivity index (χ1n) is 10.9. The highest BCUT2D eigenvalue weighted by molar-refractivity contribution is 6.30. The molecule has 2 N–H and O–H groups in total. The predicted octanol–water partition coefficient (Wildman–Crippen LogP) is 5.30. The van der Waals surface area contributed by atoms with Crippen molar-refractivity contribution >= 4 is 35.1 Å². The summed E-state index contributed by atoms with van der Waals surface area (Å²) in [6.45, 7) is 1.57. The van der Waals surface area contributed by atoms with E-state index in [0.29, 0.717) is 16.5 Å². The summed E-state index contributed by atoms with van der Waals surface area (Å²) < 4.78 is 0. The Balaban J connectivity index is 1.89. The van der Waals surface area contributed by atoms with E-state index in [2.05, 4.69) is 0 Å². The number of carbonyl (C=O) groups is 2. The van der Waals surface area contributed by atoms with E-state index in [1.54, 1.807) is 30.0 Å². The van der Waals surface area contributed by atoms with Gasteiger partial charge in [-0.1, -0.05) is 54.4 Å². The quantitative estimate of drug-likeness (QED) is 0.569. The van der Waals surface area contributed by atoms with Crippen LogP contribution in [0.25, 0.3) is 0 Å². The molecule has 1 saturated heterocycles. The molecule has 1 heterocycles. The molecule has 2 aromatic carbocycles. The third-order valence-electron chi connectivity index (χ3n) is 6.84. The van der Waals surface area contributed by atoms with Crippen molar-refractivity contribution < 1.29 is 19.8 Å². The number of likely N-dealkylation sites (tertiary alicyclic amines) is 1. The summed E-state index contributed by atoms with van der Waals surface area (Å²) in [6.07, 6.45) is 1.99. The highest BCUT2D eigenvalue weighted by Gasteiger charge is 2.54. The normalized spacial score (nSPS) is 26.8. The van der Waals surface area contributed by atoms with Gasteiger partial charge in [0.05, 0.1) is 30.5 Å². The van der Waals surface area contributed by atoms with E-state index in [-0.39, 0.29) is 42.9 Å². The minimum atomic E-state index is -1.09. The van der Waals surface area contributed by atoms with Crippen LogP contribution in [0.2, 0.25) is 10.0 Å². The van der Waals surface area contributed by atoms with Crippen molar-refractivity contribution in [3.8, 4) is 0 Å². The van der Waals surface area contributed by atoms with Crippen LogP contribution in [0.4, 0.5) is 0 Å². The lowest BCUT2D eigenvalue weighted by atomic mass is 9.67. The summed E-state index contributed by atoms with van der Waals surface area (Å²) in [6, 6.07) is 14.2. The molecule has 0 bridgehead atoms. The molecule has 2 unspecified atom stereocenters. The zero-order chi connectivity index (χ0) is 23.0. The van der Waals surface area contributed by atoms with Crippen molar-refractivity contribution in [3.05, 3.63) is 69.7 Å². The molecule has 0 aromatic heterocycles. The van der Waals surface area contributed by atoms with Crippen LogP contribution in [-0.4, -0.2) is 39.6 Å². The Labute approximate surface area is 197 Å². The van der Waals surface area contributed by atoms with Crippen molar-refractivity contribution in [2.24, 2.45) is 11.3 Å². The van der Waals surface area contributed by atoms with Crippen molar-refractivity contribution in [3.63, 3.8) is 0 Å². The smallest absolute Gasteiger partial charge is 0.304 e. The van der Waals surface area contributed by atoms with Gasteiger partial charge in [0.1, 0.15) is 0 Å². The zero-order valence-electron chi connectivity index (χ0n) is 17.9. The lowest BCUT2D eigenvalue weighted by Gasteiger charge is -2.51. The molecule has 32 heavy (non-hydrogen) atoms. The first-order chi connectivity index (χ1) is 15.2. The third-order valence-corrected chi connectivity index (χ3v) is 7.33. The van der Waals surface area contributed by atoms with Crippen LogP contribution in [-0.2, 0) is 9.59 Å². The number of aliphatic hydroxyl groups is 1. The second kappa shape index (κ2) is 9.05. The first kappa shape index (κ1) is 23.1. The Morgan fingerprint density at radius 1 is 1.12 bits per heavy atom. The fourth-order valence-corrected chi connectivity index (χ4v) is 5.51. The molecule has 2 aliphatic rings. The van der Waals surface area contributed by atoms with Crippen molar-refractivity contribution in [1.29, 1.82) is 0 Å². The Bertz CT molecular complexity index is 1010. The number of rotatable bonds is 7. The molecule has 1 saturated carbocycles. The Hall–Kier alpha value is -2.08. The zero-order valence-corrected chi connectivity index (χ0v) is 19.4. The van der Waals surface area contributed by atoms with Crippen molar-refractivity contribution in [2.75, 3.05) is 6.61 Å². The maximum Gasteiger partial charge on any atom is 0.304 e. The molecule has 5 nitrogen and oxygen atoms in total. The summed E-state index contributed by atoms with van der Waals surface area (Å²) in [7, 11) is 0. The first-order valence-corrected chi connectivity index (χ1v) is 11.7. The van der Waals surface area contributed by atoms with Gasteiger partial charge in [0, 0.05) is 16.0 Å². The monoisotopic (exact) mass is 475 g/mol. The van der Waals surface area contributed by atoms with Crippen LogP contribution in [0, 0.1) is 11.3 Å². The standard InChI is InChI=1S/C25H27Cl2NO4/c1-25(13-22(30)31)12-20(17-3-2-4-19(27)11-17)23(16-7-9-18(26)10-8-16)28(24(25)32)21(14-29)15-5-6-15/h2-4,7-11,15,20-21,23,29H,5-6,12-14H2,1H3,(H,30,31)/t20?,21-,23?,25-/m1/s1. The van der Waals surface area contributed by atoms with Gasteiger partial charge in [-0.2, -0.15) is 0 Å². The fourth-order valence-electron chi connectivity index (χ4n) is 5.19. The predicted molar refractivity (Wildman–Crippen MR) is 124 cm³/mol. The molecule has 0 spiro atoms. The van der Waals surface area contributed by atoms with E-state index in [0.717, 1.165) is 24.0 Å². The van der Waals surface area contributed by atoms with E-state index in [9.17, 15) is 19.8 Å². The van der Waals surface area contributed by atoms with Crippen molar-refractivity contribution in [2.45, 2.75) is 50.6 Å². The molecule has 4 rings (SSSR count). The number of nitrogens with zero attached hydrogens (tertiary/aromatic N) is 1. The van der Waals surface area contributed by atoms with Gasteiger partial charge in [-0.05, 0) is 60.6 Å². The van der Waals surface area contributed by atoms with Crippen LogP contribution in [0.5, 0.6) is 0 Å². The number of aliphatic hydroxyl groups excluding tert-OH is 1. The van der Waals surface area contributed by atoms with Crippen molar-refractivity contribution in [1.82, 2.24) is 4.90 Å². The van der Waals surface area contributed by atoms with Crippen LogP contribution in [0.1, 0.15) is 55.7 Å². The van der Waals surface area contributed by atoms with E-state index < -0.39 is 11.4 Å². The third kappa shape index (κ3) is 4.52. The number of benzene rings is 2. The molecule has 2 aromatic rings. The Morgan fingerprint density at radius 2 is 1.81 bits per heavy atom. The maximum atomic E-state index is 13.9. The number of aliphatic carboxylic acids is 1. The van der Waals surface area contributed by atoms with E-state index in [1.165, 1.54) is 0 Å². The van der Waals surface area contributed by atoms with Gasteiger partial charge >= 0.3 is 5.97 Å². The van der Waals surface area contributed by atoms with Crippen LogP contribution >= 0.6 is 23.2 Å². The largest absolute Gasteiger partial charge is 0.481 e. The second-order valence-electron chi connectivity index (χ2n) is 9.29. The van der Waals surface area contributed by atoms with E-state index >= 15 is 0 Å². The number of hydrogen-bond acceptors (Lipinski definition) is 3. The van der Waals surface area contributed by atoms with Crippen LogP contribution in [0.15, 0.2) is 48.5 Å². The van der Waals surface area contributed by atoms with Gasteiger partial charge in [0.15, 0.2) is 0 Å². The van der Waals surface area contributed by atoms with E-state index in [1.807, 2.05) is 30.3 Å². The summed E-state index contributed by atoms with van der Waals surface area (Å²) in [4.78, 5) is 27.4. The molecular weight excluding hydrogens is 449 g/mol. The highest BCUT2D eigenvalue weighted by Crippen LogP contribution is 2.53. The molecule has 0 radical (unpaired) electrons. The molecule has 170 valence electrons. The minimum Gasteiger partial charge on any atom is -0.481 e. The fraction of sp³-hybridized carbons (Fsp3) is 0.440. The number of halogens is 2. The summed E-state index contributed by atoms with van der Waals surface area (Å²) >= 11 is 12.5.